The number of nitro benzene ring substituents is 1. The summed E-state index contributed by atoms with van der Waals surface area (Å²) in [4.78, 5) is 27.1. The van der Waals surface area contributed by atoms with E-state index in [2.05, 4.69) is 16.8 Å². The van der Waals surface area contributed by atoms with Gasteiger partial charge in [-0.25, -0.2) is 4.79 Å². The zero-order chi connectivity index (χ0) is 19.4. The molecule has 8 nitrogen and oxygen atoms in total. The summed E-state index contributed by atoms with van der Waals surface area (Å²) in [5.41, 5.74) is 6.83. The topological polar surface area (TPSA) is 102 Å². The van der Waals surface area contributed by atoms with Gasteiger partial charge in [-0.15, -0.1) is 12.4 Å². The second kappa shape index (κ2) is 9.38. The molecule has 28 heavy (non-hydrogen) atoms. The molecule has 0 bridgehead atoms. The summed E-state index contributed by atoms with van der Waals surface area (Å²) >= 11 is 0. The lowest BCUT2D eigenvalue weighted by atomic mass is 10.2. The third-order valence-corrected chi connectivity index (χ3v) is 4.59. The highest BCUT2D eigenvalue weighted by Gasteiger charge is 2.16. The summed E-state index contributed by atoms with van der Waals surface area (Å²) in [6.07, 6.45) is 1.10. The molecule has 0 amide bonds. The Kier molecular flexibility index (Phi) is 7.19. The predicted molar refractivity (Wildman–Crippen MR) is 110 cm³/mol. The first-order chi connectivity index (χ1) is 12.9. The minimum Gasteiger partial charge on any atom is -0.423 e. The molecule has 0 saturated carbocycles. The van der Waals surface area contributed by atoms with E-state index in [1.807, 2.05) is 12.1 Å². The first-order valence-electron chi connectivity index (χ1n) is 8.73. The molecule has 1 fully saturated rings. The summed E-state index contributed by atoms with van der Waals surface area (Å²) < 4.78 is 5.27. The molecule has 2 aromatic carbocycles. The van der Waals surface area contributed by atoms with Crippen molar-refractivity contribution >= 4 is 35.4 Å². The monoisotopic (exact) mass is 406 g/mol. The van der Waals surface area contributed by atoms with Crippen molar-refractivity contribution in [2.75, 3.05) is 43.9 Å². The van der Waals surface area contributed by atoms with E-state index in [0.717, 1.165) is 38.3 Å². The maximum absolute atomic E-state index is 12.3. The fourth-order valence-electron chi connectivity index (χ4n) is 3.04. The highest BCUT2D eigenvalue weighted by molar-refractivity contribution is 5.91. The van der Waals surface area contributed by atoms with Gasteiger partial charge in [0.05, 0.1) is 10.5 Å². The Balaban J connectivity index is 0.00000280. The van der Waals surface area contributed by atoms with Crippen molar-refractivity contribution in [2.24, 2.45) is 0 Å². The van der Waals surface area contributed by atoms with E-state index in [9.17, 15) is 14.9 Å². The summed E-state index contributed by atoms with van der Waals surface area (Å²) in [5.74, 6) is -0.367. The molecule has 1 saturated heterocycles. The van der Waals surface area contributed by atoms with Crippen molar-refractivity contribution in [1.82, 2.24) is 4.90 Å². The minimum atomic E-state index is -0.583. The van der Waals surface area contributed by atoms with E-state index < -0.39 is 10.9 Å². The number of hydrogen-bond acceptors (Lipinski definition) is 7. The zero-order valence-corrected chi connectivity index (χ0v) is 16.4. The number of rotatable bonds is 4. The van der Waals surface area contributed by atoms with Crippen LogP contribution in [0.25, 0.3) is 0 Å². The number of carbonyl (C=O) groups excluding carboxylic acids is 1. The molecule has 2 aromatic rings. The van der Waals surface area contributed by atoms with Gasteiger partial charge in [0.1, 0.15) is 11.4 Å². The summed E-state index contributed by atoms with van der Waals surface area (Å²) in [6, 6.07) is 11.1. The van der Waals surface area contributed by atoms with Crippen LogP contribution in [0.3, 0.4) is 0 Å². The molecule has 3 rings (SSSR count). The molecule has 1 aliphatic rings. The van der Waals surface area contributed by atoms with Crippen LogP contribution in [0, 0.1) is 10.1 Å². The Bertz CT molecular complexity index is 844. The van der Waals surface area contributed by atoms with Crippen molar-refractivity contribution in [3.05, 3.63) is 58.1 Å². The van der Waals surface area contributed by atoms with Crippen LogP contribution >= 0.6 is 12.4 Å². The molecule has 9 heteroatoms. The van der Waals surface area contributed by atoms with Gasteiger partial charge in [0.15, 0.2) is 0 Å². The Morgan fingerprint density at radius 3 is 2.46 bits per heavy atom. The fraction of sp³-hybridized carbons (Fsp3) is 0.316. The minimum absolute atomic E-state index is 0. The van der Waals surface area contributed by atoms with Gasteiger partial charge in [-0.1, -0.05) is 0 Å². The second-order valence-corrected chi connectivity index (χ2v) is 6.56. The average molecular weight is 407 g/mol. The molecule has 0 spiro atoms. The van der Waals surface area contributed by atoms with Crippen LogP contribution in [0.15, 0.2) is 42.5 Å². The Labute approximate surface area is 169 Å². The molecule has 0 radical (unpaired) electrons. The number of benzene rings is 2. The highest BCUT2D eigenvalue weighted by atomic mass is 35.5. The first kappa shape index (κ1) is 21.5. The number of nitrogen functional groups attached to an aromatic ring is 1. The molecular formula is C19H23ClN4O4. The molecule has 0 aliphatic carbocycles. The van der Waals surface area contributed by atoms with E-state index in [1.165, 1.54) is 18.2 Å². The van der Waals surface area contributed by atoms with Gasteiger partial charge in [-0.2, -0.15) is 0 Å². The fourth-order valence-corrected chi connectivity index (χ4v) is 3.04. The van der Waals surface area contributed by atoms with Crippen molar-refractivity contribution in [3.63, 3.8) is 0 Å². The zero-order valence-electron chi connectivity index (χ0n) is 15.5. The van der Waals surface area contributed by atoms with Gasteiger partial charge in [0.2, 0.25) is 0 Å². The lowest BCUT2D eigenvalue weighted by Gasteiger charge is -2.22. The van der Waals surface area contributed by atoms with Crippen LogP contribution in [0.5, 0.6) is 5.75 Å². The van der Waals surface area contributed by atoms with Crippen LogP contribution in [-0.2, 0) is 0 Å². The summed E-state index contributed by atoms with van der Waals surface area (Å²) in [7, 11) is 2.12. The number of carbonyl (C=O) groups is 1. The molecule has 0 unspecified atom stereocenters. The number of hydrogen-bond donors (Lipinski definition) is 1. The van der Waals surface area contributed by atoms with E-state index in [0.29, 0.717) is 5.56 Å². The maximum atomic E-state index is 12.3. The quantitative estimate of drug-likeness (QED) is 0.274. The van der Waals surface area contributed by atoms with E-state index in [-0.39, 0.29) is 29.5 Å². The normalized spacial score (nSPS) is 14.7. The second-order valence-electron chi connectivity index (χ2n) is 6.56. The number of anilines is 2. The van der Waals surface area contributed by atoms with E-state index in [4.69, 9.17) is 10.5 Å². The predicted octanol–water partition coefficient (Wildman–Crippen LogP) is 2.96. The lowest BCUT2D eigenvalue weighted by Crippen LogP contribution is -2.28. The molecule has 1 heterocycles. The average Bonchev–Trinajstić information content (AvgIpc) is 2.86. The van der Waals surface area contributed by atoms with Crippen molar-refractivity contribution in [3.8, 4) is 5.75 Å². The van der Waals surface area contributed by atoms with Crippen LogP contribution < -0.4 is 15.4 Å². The summed E-state index contributed by atoms with van der Waals surface area (Å²) in [5, 5.41) is 10.8. The number of nitrogens with two attached hydrogens (primary N) is 1. The Morgan fingerprint density at radius 2 is 1.82 bits per heavy atom. The van der Waals surface area contributed by atoms with Crippen molar-refractivity contribution in [1.29, 1.82) is 0 Å². The Hall–Kier alpha value is -2.84. The van der Waals surface area contributed by atoms with Gasteiger partial charge in [-0.05, 0) is 50.3 Å². The Morgan fingerprint density at radius 1 is 1.11 bits per heavy atom. The van der Waals surface area contributed by atoms with E-state index in [1.54, 1.807) is 12.1 Å². The van der Waals surface area contributed by atoms with Crippen LogP contribution in [0.1, 0.15) is 16.8 Å². The molecule has 1 aliphatic heterocycles. The lowest BCUT2D eigenvalue weighted by molar-refractivity contribution is -0.383. The van der Waals surface area contributed by atoms with Gasteiger partial charge in [-0.3, -0.25) is 10.1 Å². The molecule has 2 N–H and O–H groups in total. The van der Waals surface area contributed by atoms with Crippen molar-refractivity contribution < 1.29 is 14.5 Å². The maximum Gasteiger partial charge on any atom is 0.343 e. The van der Waals surface area contributed by atoms with Crippen LogP contribution in [-0.4, -0.2) is 49.0 Å². The number of likely N-dealkylation sites (N-methyl/N-ethyl adjacent to an activating group) is 1. The number of nitrogens with zero attached hydrogens (tertiary/aromatic N) is 3. The molecule has 0 atom stereocenters. The van der Waals surface area contributed by atoms with Crippen LogP contribution in [0.2, 0.25) is 0 Å². The summed E-state index contributed by atoms with van der Waals surface area (Å²) in [6.45, 7) is 4.02. The van der Waals surface area contributed by atoms with Gasteiger partial charge < -0.3 is 20.3 Å². The van der Waals surface area contributed by atoms with Gasteiger partial charge in [0.25, 0.3) is 5.69 Å². The number of esters is 1. The molecule has 0 aromatic heterocycles. The smallest absolute Gasteiger partial charge is 0.343 e. The molecular weight excluding hydrogens is 384 g/mol. The standard InChI is InChI=1S/C19H22N4O4.ClH/c1-21-9-2-10-22(12-11-21)15-5-3-14(4-6-15)19(24)27-16-7-8-18(23(25)26)17(20)13-16;/h3-8,13H,2,9-12,20H2,1H3;1H. The van der Waals surface area contributed by atoms with E-state index >= 15 is 0 Å². The number of halogens is 1. The number of ether oxygens (including phenoxy) is 1. The largest absolute Gasteiger partial charge is 0.423 e. The first-order valence-corrected chi connectivity index (χ1v) is 8.73. The third-order valence-electron chi connectivity index (χ3n) is 4.59. The van der Waals surface area contributed by atoms with Crippen molar-refractivity contribution in [2.45, 2.75) is 6.42 Å². The van der Waals surface area contributed by atoms with Gasteiger partial charge >= 0.3 is 5.97 Å². The molecule has 150 valence electrons. The number of nitro groups is 1. The highest BCUT2D eigenvalue weighted by Crippen LogP contribution is 2.26. The van der Waals surface area contributed by atoms with Gasteiger partial charge in [0, 0.05) is 37.5 Å². The van der Waals surface area contributed by atoms with Crippen LogP contribution in [0.4, 0.5) is 17.1 Å². The third kappa shape index (κ3) is 5.11. The SMILES string of the molecule is CN1CCCN(c2ccc(C(=O)Oc3ccc([N+](=O)[O-])c(N)c3)cc2)CC1.Cl.